The van der Waals surface area contributed by atoms with E-state index in [0.29, 0.717) is 23.7 Å². The molecule has 0 spiro atoms. The molecule has 0 radical (unpaired) electrons. The van der Waals surface area contributed by atoms with Gasteiger partial charge in [0.25, 0.3) is 11.6 Å². The third-order valence-electron chi connectivity index (χ3n) is 5.77. The Bertz CT molecular complexity index is 1260. The van der Waals surface area contributed by atoms with Crippen molar-refractivity contribution in [3.8, 4) is 0 Å². The van der Waals surface area contributed by atoms with Crippen LogP contribution in [0.3, 0.4) is 0 Å². The highest BCUT2D eigenvalue weighted by Crippen LogP contribution is 2.39. The lowest BCUT2D eigenvalue weighted by Gasteiger charge is -2.27. The van der Waals surface area contributed by atoms with Gasteiger partial charge in [-0.3, -0.25) is 19.7 Å². The van der Waals surface area contributed by atoms with Crippen LogP contribution in [-0.4, -0.2) is 35.0 Å². The van der Waals surface area contributed by atoms with Crippen LogP contribution in [0.5, 0.6) is 0 Å². The van der Waals surface area contributed by atoms with Crippen molar-refractivity contribution < 1.29 is 18.9 Å². The van der Waals surface area contributed by atoms with Gasteiger partial charge >= 0.3 is 0 Å². The lowest BCUT2D eigenvalue weighted by Crippen LogP contribution is -2.36. The summed E-state index contributed by atoms with van der Waals surface area (Å²) < 4.78 is 11.6. The number of hydrogen-bond acceptors (Lipinski definition) is 6. The van der Waals surface area contributed by atoms with Gasteiger partial charge in [-0.1, -0.05) is 11.6 Å². The molecule has 0 bridgehead atoms. The van der Waals surface area contributed by atoms with Crippen molar-refractivity contribution in [3.05, 3.63) is 84.7 Å². The number of nitrogens with zero attached hydrogens (tertiary/aromatic N) is 2. The highest BCUT2D eigenvalue weighted by atomic mass is 35.5. The molecule has 1 amide bonds. The van der Waals surface area contributed by atoms with E-state index < -0.39 is 16.9 Å². The maximum Gasteiger partial charge on any atom is 0.291 e. The molecule has 5 rings (SSSR count). The summed E-state index contributed by atoms with van der Waals surface area (Å²) in [5.74, 6) is -0.413. The summed E-state index contributed by atoms with van der Waals surface area (Å²) in [7, 11) is 0. The number of hydrogen-bond donors (Lipinski definition) is 0. The number of fused-ring (bicyclic) bond motifs is 2. The highest BCUT2D eigenvalue weighted by molar-refractivity contribution is 6.31. The van der Waals surface area contributed by atoms with Gasteiger partial charge < -0.3 is 14.1 Å². The molecule has 31 heavy (non-hydrogen) atoms. The van der Waals surface area contributed by atoms with Gasteiger partial charge in [-0.25, -0.2) is 0 Å². The molecule has 1 saturated heterocycles. The number of carbonyl (C=O) groups excluding carboxylic acids is 1. The normalized spacial score (nSPS) is 20.4. The second-order valence-electron chi connectivity index (χ2n) is 7.66. The van der Waals surface area contributed by atoms with Crippen LogP contribution in [0.2, 0.25) is 5.02 Å². The quantitative estimate of drug-likeness (QED) is 0.447. The van der Waals surface area contributed by atoms with E-state index in [1.165, 1.54) is 18.2 Å². The number of ether oxygens (including phenoxy) is 1. The van der Waals surface area contributed by atoms with Gasteiger partial charge in [0.2, 0.25) is 5.76 Å². The molecule has 8 nitrogen and oxygen atoms in total. The average Bonchev–Trinajstić information content (AvgIpc) is 3.36. The van der Waals surface area contributed by atoms with Crippen molar-refractivity contribution in [3.63, 3.8) is 0 Å². The standard InChI is InChI=1S/C22H17ClN2O6/c23-13-5-8-17-16(10-13)20(26)18-19(12-3-6-14(7-4-12)25(28)29)24(22(27)21(18)31-17)11-15-2-1-9-30-15/h3-8,10,15,19H,1-2,9,11H2/t15-,19-/m1/s1. The van der Waals surface area contributed by atoms with Crippen LogP contribution in [0.25, 0.3) is 11.0 Å². The minimum absolute atomic E-state index is 0.0128. The number of nitro groups is 1. The van der Waals surface area contributed by atoms with Crippen LogP contribution in [-0.2, 0) is 4.74 Å². The fourth-order valence-corrected chi connectivity index (χ4v) is 4.49. The number of benzene rings is 2. The van der Waals surface area contributed by atoms with E-state index in [1.807, 2.05) is 0 Å². The van der Waals surface area contributed by atoms with E-state index >= 15 is 0 Å². The van der Waals surface area contributed by atoms with Gasteiger partial charge in [0.05, 0.1) is 28.0 Å². The first kappa shape index (κ1) is 19.7. The molecule has 0 aliphatic carbocycles. The maximum absolute atomic E-state index is 13.4. The predicted octanol–water partition coefficient (Wildman–Crippen LogP) is 4.08. The van der Waals surface area contributed by atoms with Crippen molar-refractivity contribution in [2.75, 3.05) is 13.2 Å². The Morgan fingerprint density at radius 1 is 1.16 bits per heavy atom. The van der Waals surface area contributed by atoms with Crippen LogP contribution in [0, 0.1) is 10.1 Å². The summed E-state index contributed by atoms with van der Waals surface area (Å²) in [6.07, 6.45) is 1.57. The number of halogens is 1. The molecule has 0 N–H and O–H groups in total. The lowest BCUT2D eigenvalue weighted by molar-refractivity contribution is -0.384. The summed E-state index contributed by atoms with van der Waals surface area (Å²) in [6.45, 7) is 0.919. The minimum atomic E-state index is -0.730. The Kier molecular flexibility index (Phi) is 4.75. The minimum Gasteiger partial charge on any atom is -0.450 e. The van der Waals surface area contributed by atoms with E-state index in [0.717, 1.165) is 12.8 Å². The zero-order chi connectivity index (χ0) is 21.7. The van der Waals surface area contributed by atoms with Crippen molar-refractivity contribution >= 4 is 34.2 Å². The van der Waals surface area contributed by atoms with E-state index in [9.17, 15) is 19.7 Å². The maximum atomic E-state index is 13.4. The molecule has 158 valence electrons. The van der Waals surface area contributed by atoms with E-state index in [1.54, 1.807) is 29.2 Å². The molecule has 3 heterocycles. The monoisotopic (exact) mass is 440 g/mol. The zero-order valence-corrected chi connectivity index (χ0v) is 17.0. The van der Waals surface area contributed by atoms with Crippen LogP contribution in [0.4, 0.5) is 5.69 Å². The summed E-state index contributed by atoms with van der Waals surface area (Å²) in [4.78, 5) is 38.9. The Morgan fingerprint density at radius 2 is 1.94 bits per heavy atom. The molecule has 2 aliphatic rings. The first-order valence-corrected chi connectivity index (χ1v) is 10.2. The molecule has 2 aromatic carbocycles. The third kappa shape index (κ3) is 3.28. The molecule has 1 fully saturated rings. The van der Waals surface area contributed by atoms with Crippen LogP contribution in [0.1, 0.15) is 40.6 Å². The van der Waals surface area contributed by atoms with Gasteiger partial charge in [0, 0.05) is 30.3 Å². The molecular weight excluding hydrogens is 424 g/mol. The van der Waals surface area contributed by atoms with Crippen LogP contribution < -0.4 is 5.43 Å². The summed E-state index contributed by atoms with van der Waals surface area (Å²) in [5.41, 5.74) is 0.667. The fraction of sp³-hybridized carbons (Fsp3) is 0.273. The lowest BCUT2D eigenvalue weighted by atomic mass is 9.98. The molecular formula is C22H17ClN2O6. The SMILES string of the molecule is O=C1c2oc3ccc(Cl)cc3c(=O)c2[C@@H](c2ccc([N+](=O)[O-])cc2)N1C[C@H]1CCCO1. The number of rotatable bonds is 4. The molecule has 2 aliphatic heterocycles. The molecule has 9 heteroatoms. The Labute approximate surface area is 181 Å². The zero-order valence-electron chi connectivity index (χ0n) is 16.2. The molecule has 3 aromatic rings. The highest BCUT2D eigenvalue weighted by Gasteiger charge is 2.44. The Hall–Kier alpha value is -3.23. The van der Waals surface area contributed by atoms with Gasteiger partial charge in [0.1, 0.15) is 5.58 Å². The fourth-order valence-electron chi connectivity index (χ4n) is 4.31. The van der Waals surface area contributed by atoms with Crippen molar-refractivity contribution in [2.45, 2.75) is 25.0 Å². The van der Waals surface area contributed by atoms with Gasteiger partial charge in [-0.15, -0.1) is 0 Å². The van der Waals surface area contributed by atoms with Crippen molar-refractivity contribution in [1.29, 1.82) is 0 Å². The summed E-state index contributed by atoms with van der Waals surface area (Å²) in [5, 5.41) is 11.7. The number of non-ortho nitro benzene ring substituents is 1. The summed E-state index contributed by atoms with van der Waals surface area (Å²) >= 11 is 6.07. The number of nitro benzene ring substituents is 1. The molecule has 2 atom stereocenters. The summed E-state index contributed by atoms with van der Waals surface area (Å²) in [6, 6.07) is 9.80. The molecule has 0 unspecified atom stereocenters. The molecule has 0 saturated carbocycles. The Morgan fingerprint density at radius 3 is 2.61 bits per heavy atom. The van der Waals surface area contributed by atoms with Gasteiger partial charge in [0.15, 0.2) is 5.43 Å². The van der Waals surface area contributed by atoms with Crippen LogP contribution >= 0.6 is 11.6 Å². The topological polar surface area (TPSA) is 103 Å². The largest absolute Gasteiger partial charge is 0.450 e. The van der Waals surface area contributed by atoms with E-state index in [-0.39, 0.29) is 39.5 Å². The van der Waals surface area contributed by atoms with Gasteiger partial charge in [-0.05, 0) is 48.7 Å². The van der Waals surface area contributed by atoms with E-state index in [2.05, 4.69) is 0 Å². The first-order valence-electron chi connectivity index (χ1n) is 9.87. The van der Waals surface area contributed by atoms with Crippen LogP contribution in [0.15, 0.2) is 51.7 Å². The third-order valence-corrected chi connectivity index (χ3v) is 6.01. The second-order valence-corrected chi connectivity index (χ2v) is 8.09. The number of amides is 1. The van der Waals surface area contributed by atoms with Gasteiger partial charge in [-0.2, -0.15) is 0 Å². The van der Waals surface area contributed by atoms with E-state index in [4.69, 9.17) is 20.8 Å². The predicted molar refractivity (Wildman–Crippen MR) is 112 cm³/mol. The smallest absolute Gasteiger partial charge is 0.291 e. The van der Waals surface area contributed by atoms with Crippen molar-refractivity contribution in [2.24, 2.45) is 0 Å². The van der Waals surface area contributed by atoms with Crippen molar-refractivity contribution in [1.82, 2.24) is 4.90 Å². The molecule has 1 aromatic heterocycles. The Balaban J connectivity index is 1.69. The first-order chi connectivity index (χ1) is 14.9. The average molecular weight is 441 g/mol. The second kappa shape index (κ2) is 7.47. The number of carbonyl (C=O) groups is 1.